The zero-order valence-electron chi connectivity index (χ0n) is 21.7. The van der Waals surface area contributed by atoms with E-state index in [1.807, 2.05) is 0 Å². The van der Waals surface area contributed by atoms with Crippen LogP contribution >= 0.6 is 0 Å². The average Bonchev–Trinajstić information content (AvgIpc) is 3.45. The van der Waals surface area contributed by atoms with Crippen LogP contribution in [-0.2, 0) is 19.0 Å². The van der Waals surface area contributed by atoms with Gasteiger partial charge in [0.1, 0.15) is 11.6 Å². The fraction of sp³-hybridized carbons (Fsp3) is 0.286. The van der Waals surface area contributed by atoms with Gasteiger partial charge in [0.2, 0.25) is 5.91 Å². The highest BCUT2D eigenvalue weighted by Gasteiger charge is 2.46. The molecule has 12 nitrogen and oxygen atoms in total. The largest absolute Gasteiger partial charge is 0.453 e. The summed E-state index contributed by atoms with van der Waals surface area (Å²) >= 11 is 0. The molecule has 0 saturated carbocycles. The number of esters is 2. The van der Waals surface area contributed by atoms with Crippen molar-refractivity contribution in [3.05, 3.63) is 83.9 Å². The van der Waals surface area contributed by atoms with Crippen LogP contribution in [0, 0.1) is 5.92 Å². The van der Waals surface area contributed by atoms with Gasteiger partial charge in [-0.15, -0.1) is 0 Å². The van der Waals surface area contributed by atoms with E-state index in [1.54, 1.807) is 74.5 Å². The van der Waals surface area contributed by atoms with E-state index >= 15 is 0 Å². The third-order valence-corrected chi connectivity index (χ3v) is 6.30. The van der Waals surface area contributed by atoms with Crippen molar-refractivity contribution in [3.8, 4) is 0 Å². The number of aromatic amines is 1. The smallest absolute Gasteiger partial charge is 0.338 e. The Kier molecular flexibility index (Phi) is 7.80. The van der Waals surface area contributed by atoms with Gasteiger partial charge in [0.25, 0.3) is 0 Å². The summed E-state index contributed by atoms with van der Waals surface area (Å²) in [5.41, 5.74) is 1.15. The molecule has 1 amide bonds. The molecular formula is C28H27N5O7. The van der Waals surface area contributed by atoms with Crippen molar-refractivity contribution < 1.29 is 33.7 Å². The molecule has 3 N–H and O–H groups in total. The molecule has 1 fully saturated rings. The highest BCUT2D eigenvalue weighted by molar-refractivity contribution is 5.97. The molecule has 1 aliphatic rings. The molecule has 2 aromatic carbocycles. The van der Waals surface area contributed by atoms with Crippen LogP contribution in [0.1, 0.15) is 46.5 Å². The SMILES string of the molecule is CC(C)C(=O)Nc1nc(C2OC[C@@H](OC(=O)c3ccccc3)[C@@H](O)[C@H]2OC(=O)c2ccccc2)nc2nc[nH]c12. The van der Waals surface area contributed by atoms with Crippen LogP contribution in [0.5, 0.6) is 0 Å². The molecule has 1 saturated heterocycles. The first kappa shape index (κ1) is 26.9. The van der Waals surface area contributed by atoms with Crippen molar-refractivity contribution in [2.24, 2.45) is 5.92 Å². The van der Waals surface area contributed by atoms with Gasteiger partial charge < -0.3 is 29.6 Å². The molecule has 0 bridgehead atoms. The highest BCUT2D eigenvalue weighted by Crippen LogP contribution is 2.33. The molecule has 2 aromatic heterocycles. The molecule has 1 aliphatic heterocycles. The summed E-state index contributed by atoms with van der Waals surface area (Å²) in [6.45, 7) is 3.23. The maximum Gasteiger partial charge on any atom is 0.338 e. The predicted octanol–water partition coefficient (Wildman–Crippen LogP) is 2.83. The third kappa shape index (κ3) is 5.67. The fourth-order valence-electron chi connectivity index (χ4n) is 4.11. The Morgan fingerprint density at radius 2 is 1.60 bits per heavy atom. The summed E-state index contributed by atoms with van der Waals surface area (Å²) in [5.74, 6) is -1.86. The Labute approximate surface area is 228 Å². The average molecular weight is 546 g/mol. The fourth-order valence-corrected chi connectivity index (χ4v) is 4.11. The number of nitrogens with one attached hydrogen (secondary N) is 2. The van der Waals surface area contributed by atoms with Gasteiger partial charge in [-0.2, -0.15) is 0 Å². The van der Waals surface area contributed by atoms with Crippen LogP contribution in [0.4, 0.5) is 5.82 Å². The number of carbonyl (C=O) groups excluding carboxylic acids is 3. The zero-order chi connectivity index (χ0) is 28.2. The van der Waals surface area contributed by atoms with Crippen LogP contribution in [0.3, 0.4) is 0 Å². The third-order valence-electron chi connectivity index (χ3n) is 6.30. The molecule has 4 atom stereocenters. The number of amides is 1. The van der Waals surface area contributed by atoms with Crippen LogP contribution in [0.15, 0.2) is 67.0 Å². The maximum atomic E-state index is 13.0. The number of aromatic nitrogens is 4. The number of carbonyl (C=O) groups is 3. The molecular weight excluding hydrogens is 518 g/mol. The number of imidazole rings is 1. The first-order valence-electron chi connectivity index (χ1n) is 12.7. The van der Waals surface area contributed by atoms with Gasteiger partial charge in [-0.3, -0.25) is 4.79 Å². The van der Waals surface area contributed by atoms with E-state index < -0.39 is 36.4 Å². The Balaban J connectivity index is 1.47. The molecule has 3 heterocycles. The Morgan fingerprint density at radius 3 is 2.23 bits per heavy atom. The number of benzene rings is 2. The number of hydrogen-bond acceptors (Lipinski definition) is 10. The number of aliphatic hydroxyl groups is 1. The number of hydrogen-bond donors (Lipinski definition) is 3. The molecule has 0 radical (unpaired) electrons. The summed E-state index contributed by atoms with van der Waals surface area (Å²) in [7, 11) is 0. The summed E-state index contributed by atoms with van der Waals surface area (Å²) < 4.78 is 17.2. The quantitative estimate of drug-likeness (QED) is 0.294. The monoisotopic (exact) mass is 545 g/mol. The summed E-state index contributed by atoms with van der Waals surface area (Å²) in [6, 6.07) is 16.5. The molecule has 0 spiro atoms. The molecule has 40 heavy (non-hydrogen) atoms. The Morgan fingerprint density at radius 1 is 0.975 bits per heavy atom. The van der Waals surface area contributed by atoms with Crippen molar-refractivity contribution >= 4 is 34.8 Å². The van der Waals surface area contributed by atoms with Crippen molar-refractivity contribution in [1.82, 2.24) is 19.9 Å². The van der Waals surface area contributed by atoms with E-state index in [0.29, 0.717) is 5.52 Å². The van der Waals surface area contributed by atoms with Gasteiger partial charge in [0, 0.05) is 5.92 Å². The number of aliphatic hydroxyl groups excluding tert-OH is 1. The van der Waals surface area contributed by atoms with Crippen LogP contribution < -0.4 is 5.32 Å². The first-order valence-corrected chi connectivity index (χ1v) is 12.7. The van der Waals surface area contributed by atoms with Crippen molar-refractivity contribution in [1.29, 1.82) is 0 Å². The molecule has 1 unspecified atom stereocenters. The lowest BCUT2D eigenvalue weighted by Crippen LogP contribution is -2.53. The second-order valence-corrected chi connectivity index (χ2v) is 9.47. The first-order chi connectivity index (χ1) is 19.3. The minimum absolute atomic E-state index is 0.0106. The second-order valence-electron chi connectivity index (χ2n) is 9.47. The minimum Gasteiger partial charge on any atom is -0.453 e. The van der Waals surface area contributed by atoms with Gasteiger partial charge in [-0.05, 0) is 24.3 Å². The topological polar surface area (TPSA) is 166 Å². The Hall–Kier alpha value is -4.68. The predicted molar refractivity (Wildman–Crippen MR) is 141 cm³/mol. The van der Waals surface area contributed by atoms with Crippen LogP contribution in [0.25, 0.3) is 11.2 Å². The molecule has 4 aromatic rings. The number of nitrogens with zero attached hydrogens (tertiary/aromatic N) is 3. The van der Waals surface area contributed by atoms with Gasteiger partial charge in [0.05, 0.1) is 24.1 Å². The Bertz CT molecular complexity index is 1510. The standard InChI is InChI=1S/C28H27N5O7/c1-15(2)26(35)33-24-19-23(30-14-29-19)31-25(32-24)22-21(40-28(37)17-11-7-4-8-12-17)20(34)18(13-38-22)39-27(36)16-9-5-3-6-10-16/h3-12,14-15,18,20-22,34H,13H2,1-2H3,(H2,29,30,31,32,33,35)/t18-,20-,21-,22?/m1/s1. The zero-order valence-corrected chi connectivity index (χ0v) is 21.7. The van der Waals surface area contributed by atoms with E-state index in [-0.39, 0.29) is 46.8 Å². The summed E-state index contributed by atoms with van der Waals surface area (Å²) in [4.78, 5) is 54.2. The highest BCUT2D eigenvalue weighted by atomic mass is 16.6. The summed E-state index contributed by atoms with van der Waals surface area (Å²) in [5, 5.41) is 14.1. The number of rotatable bonds is 7. The van der Waals surface area contributed by atoms with E-state index in [4.69, 9.17) is 14.2 Å². The van der Waals surface area contributed by atoms with Crippen molar-refractivity contribution in [2.75, 3.05) is 11.9 Å². The number of H-pyrrole nitrogens is 1. The molecule has 5 rings (SSSR count). The van der Waals surface area contributed by atoms with Crippen molar-refractivity contribution in [3.63, 3.8) is 0 Å². The van der Waals surface area contributed by atoms with E-state index in [1.165, 1.54) is 6.33 Å². The van der Waals surface area contributed by atoms with Crippen LogP contribution in [-0.4, -0.2) is 67.8 Å². The number of anilines is 1. The molecule has 206 valence electrons. The lowest BCUT2D eigenvalue weighted by Gasteiger charge is -2.38. The minimum atomic E-state index is -1.49. The van der Waals surface area contributed by atoms with Gasteiger partial charge in [0.15, 0.2) is 35.6 Å². The molecule has 12 heteroatoms. The van der Waals surface area contributed by atoms with Crippen molar-refractivity contribution in [2.45, 2.75) is 38.3 Å². The number of fused-ring (bicyclic) bond motifs is 1. The number of ether oxygens (including phenoxy) is 3. The summed E-state index contributed by atoms with van der Waals surface area (Å²) in [6.07, 6.45) is -3.81. The van der Waals surface area contributed by atoms with Crippen LogP contribution in [0.2, 0.25) is 0 Å². The maximum absolute atomic E-state index is 13.0. The normalized spacial score (nSPS) is 20.7. The molecule has 0 aliphatic carbocycles. The second kappa shape index (κ2) is 11.6. The lowest BCUT2D eigenvalue weighted by molar-refractivity contribution is -0.193. The van der Waals surface area contributed by atoms with E-state index in [9.17, 15) is 19.5 Å². The lowest BCUT2D eigenvalue weighted by atomic mass is 9.98. The van der Waals surface area contributed by atoms with E-state index in [0.717, 1.165) is 0 Å². The van der Waals surface area contributed by atoms with E-state index in [2.05, 4.69) is 25.3 Å². The van der Waals surface area contributed by atoms with Gasteiger partial charge in [-0.25, -0.2) is 24.5 Å². The van der Waals surface area contributed by atoms with Gasteiger partial charge in [-0.1, -0.05) is 50.2 Å². The van der Waals surface area contributed by atoms with Gasteiger partial charge >= 0.3 is 11.9 Å².